The van der Waals surface area contributed by atoms with Crippen LogP contribution in [0.5, 0.6) is 0 Å². The molecule has 2 rings (SSSR count). The molecule has 0 amide bonds. The maximum absolute atomic E-state index is 5.33. The van der Waals surface area contributed by atoms with E-state index in [2.05, 4.69) is 29.5 Å². The minimum absolute atomic E-state index is 0.543. The van der Waals surface area contributed by atoms with Gasteiger partial charge in [0.1, 0.15) is 0 Å². The van der Waals surface area contributed by atoms with Gasteiger partial charge in [0.15, 0.2) is 0 Å². The zero-order chi connectivity index (χ0) is 11.4. The Labute approximate surface area is 101 Å². The smallest absolute Gasteiger partial charge is 0.0954 e. The van der Waals surface area contributed by atoms with Gasteiger partial charge in [0.05, 0.1) is 10.7 Å². The number of ether oxygens (including phenoxy) is 1. The van der Waals surface area contributed by atoms with E-state index in [1.807, 2.05) is 0 Å². The monoisotopic (exact) mass is 240 g/mol. The van der Waals surface area contributed by atoms with Crippen molar-refractivity contribution in [3.8, 4) is 0 Å². The molecule has 0 unspecified atom stereocenters. The second kappa shape index (κ2) is 5.75. The lowest BCUT2D eigenvalue weighted by molar-refractivity contribution is 0.0775. The van der Waals surface area contributed by atoms with Crippen LogP contribution >= 0.6 is 11.3 Å². The highest BCUT2D eigenvalue weighted by molar-refractivity contribution is 7.09. The minimum atomic E-state index is 0.543. The number of hydrogen-bond donors (Lipinski definition) is 1. The molecule has 16 heavy (non-hydrogen) atoms. The van der Waals surface area contributed by atoms with Gasteiger partial charge >= 0.3 is 0 Å². The Morgan fingerprint density at radius 1 is 1.50 bits per heavy atom. The molecule has 90 valence electrons. The molecule has 0 bridgehead atoms. The molecule has 4 heteroatoms. The first kappa shape index (κ1) is 12.0. The molecule has 0 aliphatic carbocycles. The minimum Gasteiger partial charge on any atom is -0.381 e. The van der Waals surface area contributed by atoms with Gasteiger partial charge in [-0.15, -0.1) is 11.3 Å². The fourth-order valence-corrected chi connectivity index (χ4v) is 2.65. The third kappa shape index (κ3) is 3.27. The molecule has 0 saturated carbocycles. The molecule has 1 saturated heterocycles. The van der Waals surface area contributed by atoms with Crippen molar-refractivity contribution in [3.05, 3.63) is 16.1 Å². The van der Waals surface area contributed by atoms with Crippen LogP contribution in [0, 0.1) is 0 Å². The number of thiazole rings is 1. The first-order valence-electron chi connectivity index (χ1n) is 6.01. The molecule has 2 heterocycles. The molecule has 1 aliphatic heterocycles. The molecule has 1 N–H and O–H groups in total. The van der Waals surface area contributed by atoms with E-state index in [0.29, 0.717) is 12.0 Å². The summed E-state index contributed by atoms with van der Waals surface area (Å²) in [5.74, 6) is 0.543. The second-order valence-electron chi connectivity index (χ2n) is 4.60. The van der Waals surface area contributed by atoms with Gasteiger partial charge in [0, 0.05) is 37.1 Å². The van der Waals surface area contributed by atoms with E-state index >= 15 is 0 Å². The van der Waals surface area contributed by atoms with E-state index in [0.717, 1.165) is 32.6 Å². The molecule has 0 radical (unpaired) electrons. The molecule has 1 fully saturated rings. The Bertz CT molecular complexity index is 319. The maximum atomic E-state index is 5.33. The molecule has 0 aromatic carbocycles. The predicted molar refractivity (Wildman–Crippen MR) is 66.9 cm³/mol. The molecule has 0 atom stereocenters. The molecular formula is C12H20N2OS. The summed E-state index contributed by atoms with van der Waals surface area (Å²) in [6, 6.07) is 0.609. The summed E-state index contributed by atoms with van der Waals surface area (Å²) in [4.78, 5) is 4.62. The van der Waals surface area contributed by atoms with Gasteiger partial charge in [-0.1, -0.05) is 13.8 Å². The Balaban J connectivity index is 1.79. The van der Waals surface area contributed by atoms with Gasteiger partial charge < -0.3 is 10.1 Å². The number of nitrogens with one attached hydrogen (secondary N) is 1. The Morgan fingerprint density at radius 3 is 2.88 bits per heavy atom. The van der Waals surface area contributed by atoms with Crippen molar-refractivity contribution in [2.75, 3.05) is 13.2 Å². The standard InChI is InChI=1S/C12H20N2OS/c1-9(2)12-14-11(8-16-12)7-13-10-3-5-15-6-4-10/h8-10,13H,3-7H2,1-2H3. The number of rotatable bonds is 4. The largest absolute Gasteiger partial charge is 0.381 e. The number of nitrogens with zero attached hydrogens (tertiary/aromatic N) is 1. The van der Waals surface area contributed by atoms with Gasteiger partial charge in [-0.05, 0) is 12.8 Å². The Kier molecular flexibility index (Phi) is 4.32. The molecule has 1 aromatic rings. The summed E-state index contributed by atoms with van der Waals surface area (Å²) < 4.78 is 5.33. The Hall–Kier alpha value is -0.450. The fraction of sp³-hybridized carbons (Fsp3) is 0.750. The summed E-state index contributed by atoms with van der Waals surface area (Å²) >= 11 is 1.77. The normalized spacial score (nSPS) is 18.2. The third-order valence-corrected chi connectivity index (χ3v) is 4.05. The van der Waals surface area contributed by atoms with E-state index in [4.69, 9.17) is 4.74 Å². The summed E-state index contributed by atoms with van der Waals surface area (Å²) in [5.41, 5.74) is 1.18. The highest BCUT2D eigenvalue weighted by Gasteiger charge is 2.13. The van der Waals surface area contributed by atoms with Crippen molar-refractivity contribution in [3.63, 3.8) is 0 Å². The van der Waals surface area contributed by atoms with Crippen LogP contribution in [-0.2, 0) is 11.3 Å². The van der Waals surface area contributed by atoms with Crippen LogP contribution in [0.2, 0.25) is 0 Å². The van der Waals surface area contributed by atoms with Crippen LogP contribution in [0.3, 0.4) is 0 Å². The molecule has 1 aromatic heterocycles. The van der Waals surface area contributed by atoms with Crippen molar-refractivity contribution in [1.82, 2.24) is 10.3 Å². The van der Waals surface area contributed by atoms with Gasteiger partial charge in [0.25, 0.3) is 0 Å². The predicted octanol–water partition coefficient (Wildman–Crippen LogP) is 2.54. The van der Waals surface area contributed by atoms with Crippen LogP contribution in [0.25, 0.3) is 0 Å². The average molecular weight is 240 g/mol. The lowest BCUT2D eigenvalue weighted by Gasteiger charge is -2.22. The topological polar surface area (TPSA) is 34.2 Å². The van der Waals surface area contributed by atoms with E-state index in [-0.39, 0.29) is 0 Å². The molecular weight excluding hydrogens is 220 g/mol. The zero-order valence-electron chi connectivity index (χ0n) is 10.0. The van der Waals surface area contributed by atoms with Crippen LogP contribution in [0.15, 0.2) is 5.38 Å². The second-order valence-corrected chi connectivity index (χ2v) is 5.49. The maximum Gasteiger partial charge on any atom is 0.0954 e. The average Bonchev–Trinajstić information content (AvgIpc) is 2.76. The molecule has 3 nitrogen and oxygen atoms in total. The van der Waals surface area contributed by atoms with E-state index in [1.54, 1.807) is 11.3 Å². The van der Waals surface area contributed by atoms with Crippen LogP contribution in [0.4, 0.5) is 0 Å². The summed E-state index contributed by atoms with van der Waals surface area (Å²) in [6.45, 7) is 7.06. The fourth-order valence-electron chi connectivity index (χ4n) is 1.82. The van der Waals surface area contributed by atoms with Crippen LogP contribution < -0.4 is 5.32 Å². The van der Waals surface area contributed by atoms with E-state index in [9.17, 15) is 0 Å². The van der Waals surface area contributed by atoms with Gasteiger partial charge in [-0.3, -0.25) is 0 Å². The number of hydrogen-bond acceptors (Lipinski definition) is 4. The van der Waals surface area contributed by atoms with Crippen LogP contribution in [-0.4, -0.2) is 24.2 Å². The first-order chi connectivity index (χ1) is 7.75. The zero-order valence-corrected chi connectivity index (χ0v) is 10.8. The summed E-state index contributed by atoms with van der Waals surface area (Å²) in [5, 5.41) is 6.96. The van der Waals surface area contributed by atoms with Crippen molar-refractivity contribution >= 4 is 11.3 Å². The quantitative estimate of drug-likeness (QED) is 0.878. The van der Waals surface area contributed by atoms with Gasteiger partial charge in [-0.2, -0.15) is 0 Å². The van der Waals surface area contributed by atoms with Crippen molar-refractivity contribution in [1.29, 1.82) is 0 Å². The highest BCUT2D eigenvalue weighted by atomic mass is 32.1. The van der Waals surface area contributed by atoms with Gasteiger partial charge in [-0.25, -0.2) is 4.98 Å². The van der Waals surface area contributed by atoms with Crippen molar-refractivity contribution < 1.29 is 4.74 Å². The summed E-state index contributed by atoms with van der Waals surface area (Å²) in [7, 11) is 0. The molecule has 1 aliphatic rings. The summed E-state index contributed by atoms with van der Waals surface area (Å²) in [6.07, 6.45) is 2.25. The van der Waals surface area contributed by atoms with Crippen molar-refractivity contribution in [2.24, 2.45) is 0 Å². The Morgan fingerprint density at radius 2 is 2.25 bits per heavy atom. The SMILES string of the molecule is CC(C)c1nc(CNC2CCOCC2)cs1. The van der Waals surface area contributed by atoms with Crippen molar-refractivity contribution in [2.45, 2.75) is 45.2 Å². The van der Waals surface area contributed by atoms with E-state index < -0.39 is 0 Å². The molecule has 0 spiro atoms. The lowest BCUT2D eigenvalue weighted by Crippen LogP contribution is -2.34. The van der Waals surface area contributed by atoms with E-state index in [1.165, 1.54) is 10.7 Å². The first-order valence-corrected chi connectivity index (χ1v) is 6.89. The highest BCUT2D eigenvalue weighted by Crippen LogP contribution is 2.19. The number of aromatic nitrogens is 1. The third-order valence-electron chi connectivity index (χ3n) is 2.86. The van der Waals surface area contributed by atoms with Gasteiger partial charge in [0.2, 0.25) is 0 Å². The van der Waals surface area contributed by atoms with Crippen LogP contribution in [0.1, 0.15) is 43.3 Å². The lowest BCUT2D eigenvalue weighted by atomic mass is 10.1.